The molecule has 9 nitrogen and oxygen atoms in total. The first-order chi connectivity index (χ1) is 21.2. The third kappa shape index (κ3) is 6.08. The molecule has 0 atom stereocenters. The molecule has 222 valence electrons. The molecule has 0 radical (unpaired) electrons. The molecule has 13 heteroatoms. The third-order valence-electron chi connectivity index (χ3n) is 6.71. The van der Waals surface area contributed by atoms with E-state index < -0.39 is 11.7 Å². The fourth-order valence-corrected chi connectivity index (χ4v) is 5.61. The molecule has 0 aliphatic heterocycles. The van der Waals surface area contributed by atoms with E-state index in [1.165, 1.54) is 30.7 Å². The van der Waals surface area contributed by atoms with E-state index in [-0.39, 0.29) is 17.5 Å². The van der Waals surface area contributed by atoms with Crippen LogP contribution in [0.15, 0.2) is 91.6 Å². The molecule has 44 heavy (non-hydrogen) atoms. The highest BCUT2D eigenvalue weighted by Crippen LogP contribution is 2.40. The SMILES string of the molecule is CC(=O)Nc1nc2c(Oc3cc(-c4ccc(C(F)(F)F)cc4N(C)c4cncn4Cc4ccccc4)ncn3)cccc2s1. The normalized spacial score (nSPS) is 11.5. The van der Waals surface area contributed by atoms with E-state index in [2.05, 4.69) is 25.3 Å². The lowest BCUT2D eigenvalue weighted by atomic mass is 10.0. The number of rotatable bonds is 8. The Balaban J connectivity index is 1.37. The van der Waals surface area contributed by atoms with Crippen molar-refractivity contribution in [2.24, 2.45) is 0 Å². The van der Waals surface area contributed by atoms with Gasteiger partial charge in [0.15, 0.2) is 10.9 Å². The molecule has 3 heterocycles. The van der Waals surface area contributed by atoms with Gasteiger partial charge in [0.2, 0.25) is 11.8 Å². The number of aromatic nitrogens is 5. The van der Waals surface area contributed by atoms with Crippen molar-refractivity contribution in [3.05, 3.63) is 103 Å². The van der Waals surface area contributed by atoms with Crippen molar-refractivity contribution < 1.29 is 22.7 Å². The number of anilines is 3. The van der Waals surface area contributed by atoms with Gasteiger partial charge in [0, 0.05) is 25.6 Å². The van der Waals surface area contributed by atoms with E-state index in [9.17, 15) is 18.0 Å². The van der Waals surface area contributed by atoms with Crippen LogP contribution in [-0.2, 0) is 17.5 Å². The topological polar surface area (TPSA) is 98.1 Å². The van der Waals surface area contributed by atoms with Crippen molar-refractivity contribution >= 4 is 44.1 Å². The maximum atomic E-state index is 13.9. The van der Waals surface area contributed by atoms with Gasteiger partial charge in [-0.1, -0.05) is 53.8 Å². The lowest BCUT2D eigenvalue weighted by Gasteiger charge is -2.24. The number of para-hydroxylation sites is 1. The summed E-state index contributed by atoms with van der Waals surface area (Å²) in [7, 11) is 1.69. The predicted octanol–water partition coefficient (Wildman–Crippen LogP) is 7.54. The minimum Gasteiger partial charge on any atom is -0.437 e. The van der Waals surface area contributed by atoms with Crippen molar-refractivity contribution in [3.8, 4) is 22.9 Å². The number of hydrogen-bond acceptors (Lipinski definition) is 8. The lowest BCUT2D eigenvalue weighted by Crippen LogP contribution is -2.17. The summed E-state index contributed by atoms with van der Waals surface area (Å²) < 4.78 is 50.3. The molecule has 0 aliphatic rings. The van der Waals surface area contributed by atoms with Crippen LogP contribution in [-0.4, -0.2) is 37.5 Å². The molecule has 1 N–H and O–H groups in total. The van der Waals surface area contributed by atoms with E-state index in [0.29, 0.717) is 40.0 Å². The average Bonchev–Trinajstić information content (AvgIpc) is 3.63. The Morgan fingerprint density at radius 3 is 2.64 bits per heavy atom. The number of amides is 1. The second-order valence-electron chi connectivity index (χ2n) is 9.80. The number of imidazole rings is 1. The van der Waals surface area contributed by atoms with Gasteiger partial charge in [0.25, 0.3) is 0 Å². The van der Waals surface area contributed by atoms with E-state index in [4.69, 9.17) is 4.74 Å². The molecule has 0 unspecified atom stereocenters. The predicted molar refractivity (Wildman–Crippen MR) is 162 cm³/mol. The maximum Gasteiger partial charge on any atom is 0.416 e. The first-order valence-electron chi connectivity index (χ1n) is 13.3. The second kappa shape index (κ2) is 11.8. The zero-order chi connectivity index (χ0) is 30.8. The summed E-state index contributed by atoms with van der Waals surface area (Å²) in [5.41, 5.74) is 1.79. The minimum absolute atomic E-state index is 0.166. The van der Waals surface area contributed by atoms with Gasteiger partial charge in [-0.3, -0.25) is 4.79 Å². The number of thiazole rings is 1. The Labute approximate surface area is 253 Å². The molecule has 0 aliphatic carbocycles. The molecule has 6 aromatic rings. The van der Waals surface area contributed by atoms with Crippen LogP contribution in [0.1, 0.15) is 18.1 Å². The Bertz CT molecular complexity index is 1960. The summed E-state index contributed by atoms with van der Waals surface area (Å²) in [6, 6.07) is 20.1. The summed E-state index contributed by atoms with van der Waals surface area (Å²) in [6.45, 7) is 1.88. The summed E-state index contributed by atoms with van der Waals surface area (Å²) in [5.74, 6) is 0.909. The number of halogens is 3. The van der Waals surface area contributed by atoms with E-state index in [0.717, 1.165) is 22.4 Å². The van der Waals surface area contributed by atoms with Crippen LogP contribution in [0.5, 0.6) is 11.6 Å². The van der Waals surface area contributed by atoms with Gasteiger partial charge < -0.3 is 19.5 Å². The van der Waals surface area contributed by atoms with Gasteiger partial charge in [0.1, 0.15) is 17.7 Å². The van der Waals surface area contributed by atoms with Crippen LogP contribution in [0.25, 0.3) is 21.5 Å². The van der Waals surface area contributed by atoms with E-state index >= 15 is 0 Å². The highest BCUT2D eigenvalue weighted by Gasteiger charge is 2.32. The second-order valence-corrected chi connectivity index (χ2v) is 10.8. The number of fused-ring (bicyclic) bond motifs is 1. The summed E-state index contributed by atoms with van der Waals surface area (Å²) in [4.78, 5) is 30.5. The summed E-state index contributed by atoms with van der Waals surface area (Å²) >= 11 is 1.30. The fraction of sp³-hybridized carbons (Fsp3) is 0.129. The first kappa shape index (κ1) is 28.8. The van der Waals surface area contributed by atoms with Crippen molar-refractivity contribution in [1.82, 2.24) is 24.5 Å². The molecule has 0 saturated carbocycles. The standard InChI is InChI=1S/C31H24F3N7O2S/c1-19(42)38-30-39-29-25(9-6-10-26(29)44-30)43-27-14-23(36-17-37-27)22-12-11-21(31(32,33)34)13-24(22)40(2)28-15-35-18-41(28)16-20-7-4-3-5-8-20/h3-15,17-18H,16H2,1-2H3,(H,38,39,42). The zero-order valence-corrected chi connectivity index (χ0v) is 24.2. The average molecular weight is 616 g/mol. The molecule has 6 rings (SSSR count). The van der Waals surface area contributed by atoms with Crippen molar-refractivity contribution in [2.75, 3.05) is 17.3 Å². The molecule has 0 spiro atoms. The molecular weight excluding hydrogens is 591 g/mol. The monoisotopic (exact) mass is 615 g/mol. The number of benzene rings is 3. The van der Waals surface area contributed by atoms with E-state index in [1.54, 1.807) is 42.7 Å². The summed E-state index contributed by atoms with van der Waals surface area (Å²) in [6.07, 6.45) is -0.0270. The van der Waals surface area contributed by atoms with Crippen LogP contribution >= 0.6 is 11.3 Å². The molecule has 3 aromatic carbocycles. The number of carbonyl (C=O) groups is 1. The van der Waals surface area contributed by atoms with Gasteiger partial charge >= 0.3 is 6.18 Å². The van der Waals surface area contributed by atoms with Crippen molar-refractivity contribution in [2.45, 2.75) is 19.6 Å². The minimum atomic E-state index is -4.55. The van der Waals surface area contributed by atoms with Gasteiger partial charge in [-0.15, -0.1) is 0 Å². The zero-order valence-electron chi connectivity index (χ0n) is 23.4. The van der Waals surface area contributed by atoms with Gasteiger partial charge in [-0.05, 0) is 29.8 Å². The van der Waals surface area contributed by atoms with Crippen molar-refractivity contribution in [3.63, 3.8) is 0 Å². The first-order valence-corrected chi connectivity index (χ1v) is 14.1. The number of nitrogens with one attached hydrogen (secondary N) is 1. The molecule has 1 amide bonds. The molecule has 0 bridgehead atoms. The Morgan fingerprint density at radius 2 is 1.86 bits per heavy atom. The molecule has 3 aromatic heterocycles. The quantitative estimate of drug-likeness (QED) is 0.189. The number of carbonyl (C=O) groups excluding carboxylic acids is 1. The number of hydrogen-bond donors (Lipinski definition) is 1. The summed E-state index contributed by atoms with van der Waals surface area (Å²) in [5, 5.41) is 3.10. The Hall–Kier alpha value is -5.30. The molecule has 0 fully saturated rings. The molecule has 0 saturated heterocycles. The third-order valence-corrected chi connectivity index (χ3v) is 7.65. The largest absolute Gasteiger partial charge is 0.437 e. The Morgan fingerprint density at radius 1 is 1.05 bits per heavy atom. The lowest BCUT2D eigenvalue weighted by molar-refractivity contribution is -0.137. The number of ether oxygens (including phenoxy) is 1. The highest BCUT2D eigenvalue weighted by molar-refractivity contribution is 7.22. The fourth-order valence-electron chi connectivity index (χ4n) is 4.69. The smallest absolute Gasteiger partial charge is 0.416 e. The van der Waals surface area contributed by atoms with Gasteiger partial charge in [0.05, 0.1) is 40.7 Å². The van der Waals surface area contributed by atoms with Crippen LogP contribution < -0.4 is 15.0 Å². The Kier molecular flexibility index (Phi) is 7.70. The highest BCUT2D eigenvalue weighted by atomic mass is 32.1. The van der Waals surface area contributed by atoms with Gasteiger partial charge in [-0.2, -0.15) is 13.2 Å². The van der Waals surface area contributed by atoms with E-state index in [1.807, 2.05) is 41.0 Å². The van der Waals surface area contributed by atoms with Gasteiger partial charge in [-0.25, -0.2) is 19.9 Å². The van der Waals surface area contributed by atoms with Crippen LogP contribution in [0.4, 0.5) is 29.8 Å². The van der Waals surface area contributed by atoms with Crippen molar-refractivity contribution in [1.29, 1.82) is 0 Å². The van der Waals surface area contributed by atoms with Crippen LogP contribution in [0, 0.1) is 0 Å². The number of nitrogens with zero attached hydrogens (tertiary/aromatic N) is 6. The number of alkyl halides is 3. The molecular formula is C31H24F3N7O2S. The van der Waals surface area contributed by atoms with Crippen LogP contribution in [0.3, 0.4) is 0 Å². The van der Waals surface area contributed by atoms with Crippen LogP contribution in [0.2, 0.25) is 0 Å². The maximum absolute atomic E-state index is 13.9.